The molecule has 8 nitrogen and oxygen atoms in total. The number of ether oxygens (including phenoxy) is 1. The maximum absolute atomic E-state index is 12.0. The van der Waals surface area contributed by atoms with Crippen LogP contribution >= 0.6 is 0 Å². The lowest BCUT2D eigenvalue weighted by Gasteiger charge is -2.34. The molecule has 22 heavy (non-hydrogen) atoms. The first-order valence-electron chi connectivity index (χ1n) is 7.06. The summed E-state index contributed by atoms with van der Waals surface area (Å²) < 4.78 is 9.58. The van der Waals surface area contributed by atoms with E-state index in [1.165, 1.54) is 0 Å². The smallest absolute Gasteiger partial charge is 0.433 e. The number of amides is 1. The molecule has 2 heterocycles. The third kappa shape index (κ3) is 3.84. The van der Waals surface area contributed by atoms with E-state index in [4.69, 9.17) is 9.15 Å². The summed E-state index contributed by atoms with van der Waals surface area (Å²) in [6.07, 6.45) is 1.07. The molecule has 1 aliphatic heterocycles. The quantitative estimate of drug-likeness (QED) is 0.477. The lowest BCUT2D eigenvalue weighted by atomic mass is 9.92. The van der Waals surface area contributed by atoms with Crippen molar-refractivity contribution >= 4 is 17.8 Å². The van der Waals surface area contributed by atoms with Crippen LogP contribution in [0.4, 0.5) is 5.88 Å². The minimum atomic E-state index is -0.889. The highest BCUT2D eigenvalue weighted by molar-refractivity contribution is 5.89. The molecule has 0 radical (unpaired) electrons. The second-order valence-electron chi connectivity index (χ2n) is 5.72. The Hall–Kier alpha value is -2.38. The molecule has 1 aliphatic rings. The van der Waals surface area contributed by atoms with Crippen molar-refractivity contribution in [3.63, 3.8) is 0 Å². The van der Waals surface area contributed by atoms with Gasteiger partial charge in [-0.05, 0) is 24.3 Å². The van der Waals surface area contributed by atoms with Crippen molar-refractivity contribution in [2.45, 2.75) is 20.3 Å². The number of carbonyl (C=O) groups excluding carboxylic acids is 2. The number of hydrogen-bond acceptors (Lipinski definition) is 6. The van der Waals surface area contributed by atoms with Crippen molar-refractivity contribution < 1.29 is 23.7 Å². The lowest BCUT2D eigenvalue weighted by molar-refractivity contribution is -0.402. The summed E-state index contributed by atoms with van der Waals surface area (Å²) in [4.78, 5) is 35.1. The summed E-state index contributed by atoms with van der Waals surface area (Å²) in [5.74, 6) is -1.17. The van der Waals surface area contributed by atoms with Crippen molar-refractivity contribution in [3.05, 3.63) is 28.0 Å². The zero-order valence-electron chi connectivity index (χ0n) is 12.5. The van der Waals surface area contributed by atoms with E-state index in [0.29, 0.717) is 24.9 Å². The van der Waals surface area contributed by atoms with E-state index in [9.17, 15) is 19.7 Å². The molecule has 0 spiro atoms. The van der Waals surface area contributed by atoms with Crippen molar-refractivity contribution in [3.8, 4) is 0 Å². The molecule has 0 aliphatic carbocycles. The molecule has 0 aromatic carbocycles. The molecule has 1 aromatic heterocycles. The van der Waals surface area contributed by atoms with Crippen LogP contribution in [0.15, 0.2) is 16.5 Å². The molecule has 2 unspecified atom stereocenters. The fourth-order valence-corrected chi connectivity index (χ4v) is 2.69. The minimum absolute atomic E-state index is 0.271. The van der Waals surface area contributed by atoms with Crippen LogP contribution < -0.4 is 0 Å². The maximum Gasteiger partial charge on any atom is 0.433 e. The van der Waals surface area contributed by atoms with E-state index in [-0.39, 0.29) is 11.7 Å². The number of furan rings is 1. The molecule has 0 N–H and O–H groups in total. The van der Waals surface area contributed by atoms with Crippen molar-refractivity contribution in [2.75, 3.05) is 19.7 Å². The van der Waals surface area contributed by atoms with Gasteiger partial charge in [0.05, 0.1) is 6.07 Å². The number of likely N-dealkylation sites (tertiary alicyclic amines) is 1. The van der Waals surface area contributed by atoms with Crippen LogP contribution in [0.5, 0.6) is 0 Å². The van der Waals surface area contributed by atoms with Crippen LogP contribution in [-0.4, -0.2) is 41.4 Å². The van der Waals surface area contributed by atoms with E-state index in [1.54, 1.807) is 4.90 Å². The minimum Gasteiger partial charge on any atom is -0.450 e. The number of nitrogens with zero attached hydrogens (tertiary/aromatic N) is 2. The predicted molar refractivity (Wildman–Crippen MR) is 75.2 cm³/mol. The van der Waals surface area contributed by atoms with Crippen LogP contribution in [0, 0.1) is 22.0 Å². The highest BCUT2D eigenvalue weighted by Crippen LogP contribution is 2.21. The predicted octanol–water partition coefficient (Wildman–Crippen LogP) is 1.85. The van der Waals surface area contributed by atoms with Gasteiger partial charge in [-0.3, -0.25) is 14.9 Å². The van der Waals surface area contributed by atoms with Crippen LogP contribution in [0.3, 0.4) is 0 Å². The van der Waals surface area contributed by atoms with Crippen LogP contribution in [0.1, 0.15) is 30.8 Å². The van der Waals surface area contributed by atoms with E-state index in [2.05, 4.69) is 13.8 Å². The van der Waals surface area contributed by atoms with Gasteiger partial charge in [-0.15, -0.1) is 0 Å². The molecule has 8 heteroatoms. The first kappa shape index (κ1) is 16.0. The van der Waals surface area contributed by atoms with E-state index in [0.717, 1.165) is 18.6 Å². The van der Waals surface area contributed by atoms with Gasteiger partial charge in [0.25, 0.3) is 5.91 Å². The number of hydrogen-bond donors (Lipinski definition) is 0. The lowest BCUT2D eigenvalue weighted by Crippen LogP contribution is -2.44. The average molecular weight is 310 g/mol. The summed E-state index contributed by atoms with van der Waals surface area (Å²) in [5.41, 5.74) is 0. The van der Waals surface area contributed by atoms with Gasteiger partial charge in [-0.25, -0.2) is 4.79 Å². The molecule has 2 atom stereocenters. The largest absolute Gasteiger partial charge is 0.450 e. The molecular formula is C14H18N2O6. The Bertz CT molecular complexity index is 572. The fourth-order valence-electron chi connectivity index (χ4n) is 2.69. The van der Waals surface area contributed by atoms with Crippen molar-refractivity contribution in [1.82, 2.24) is 4.90 Å². The first-order chi connectivity index (χ1) is 10.4. The number of carbonyl (C=O) groups is 2. The van der Waals surface area contributed by atoms with Crippen molar-refractivity contribution in [2.24, 2.45) is 11.8 Å². The molecule has 1 aromatic rings. The Morgan fingerprint density at radius 1 is 1.36 bits per heavy atom. The number of rotatable bonds is 4. The molecule has 1 amide bonds. The van der Waals surface area contributed by atoms with Gasteiger partial charge in [0, 0.05) is 13.1 Å². The van der Waals surface area contributed by atoms with Gasteiger partial charge in [0.15, 0.2) is 6.61 Å². The highest BCUT2D eigenvalue weighted by atomic mass is 16.7. The molecule has 0 bridgehead atoms. The summed E-state index contributed by atoms with van der Waals surface area (Å²) in [5, 5.41) is 10.5. The summed E-state index contributed by atoms with van der Waals surface area (Å²) in [6, 6.07) is 2.21. The van der Waals surface area contributed by atoms with Gasteiger partial charge in [-0.2, -0.15) is 0 Å². The molecule has 120 valence electrons. The molecule has 2 rings (SSSR count). The Kier molecular flexibility index (Phi) is 4.79. The van der Waals surface area contributed by atoms with E-state index >= 15 is 0 Å². The third-order valence-electron chi connectivity index (χ3n) is 3.52. The molecule has 1 saturated heterocycles. The van der Waals surface area contributed by atoms with Crippen LogP contribution in [0.2, 0.25) is 0 Å². The van der Waals surface area contributed by atoms with Gasteiger partial charge in [0.1, 0.15) is 4.92 Å². The van der Waals surface area contributed by atoms with Crippen molar-refractivity contribution in [1.29, 1.82) is 0 Å². The Balaban J connectivity index is 1.87. The van der Waals surface area contributed by atoms with E-state index in [1.807, 2.05) is 0 Å². The molecular weight excluding hydrogens is 292 g/mol. The Labute approximate surface area is 127 Å². The molecule has 0 saturated carbocycles. The number of esters is 1. The standard InChI is InChI=1S/C14H18N2O6/c1-9-5-10(2)7-15(6-9)12(17)8-21-14(18)11-3-4-13(22-11)16(19)20/h3-4,9-10H,5-8H2,1-2H3. The summed E-state index contributed by atoms with van der Waals surface area (Å²) in [6.45, 7) is 5.04. The van der Waals surface area contributed by atoms with Crippen LogP contribution in [-0.2, 0) is 9.53 Å². The monoisotopic (exact) mass is 310 g/mol. The fraction of sp³-hybridized carbons (Fsp3) is 0.571. The zero-order chi connectivity index (χ0) is 16.3. The second kappa shape index (κ2) is 6.59. The van der Waals surface area contributed by atoms with Crippen LogP contribution in [0.25, 0.3) is 0 Å². The maximum atomic E-state index is 12.0. The van der Waals surface area contributed by atoms with Gasteiger partial charge >= 0.3 is 11.9 Å². The summed E-state index contributed by atoms with van der Waals surface area (Å²) in [7, 11) is 0. The zero-order valence-corrected chi connectivity index (χ0v) is 12.5. The van der Waals surface area contributed by atoms with Gasteiger partial charge in [0.2, 0.25) is 5.76 Å². The van der Waals surface area contributed by atoms with Gasteiger partial charge in [-0.1, -0.05) is 13.8 Å². The highest BCUT2D eigenvalue weighted by Gasteiger charge is 2.26. The topological polar surface area (TPSA) is 103 Å². The average Bonchev–Trinajstić information content (AvgIpc) is 2.93. The van der Waals surface area contributed by atoms with Gasteiger partial charge < -0.3 is 14.1 Å². The molecule has 1 fully saturated rings. The Morgan fingerprint density at radius 2 is 2.00 bits per heavy atom. The summed E-state index contributed by atoms with van der Waals surface area (Å²) >= 11 is 0. The third-order valence-corrected chi connectivity index (χ3v) is 3.52. The van der Waals surface area contributed by atoms with E-state index < -0.39 is 23.4 Å². The Morgan fingerprint density at radius 3 is 2.55 bits per heavy atom. The normalized spacial score (nSPS) is 21.5. The number of nitro groups is 1. The first-order valence-corrected chi connectivity index (χ1v) is 7.06. The second-order valence-corrected chi connectivity index (χ2v) is 5.72. The SMILES string of the molecule is CC1CC(C)CN(C(=O)COC(=O)c2ccc([N+](=O)[O-])o2)C1. The number of piperidine rings is 1.